The summed E-state index contributed by atoms with van der Waals surface area (Å²) in [6.07, 6.45) is -6.42. The largest absolute Gasteiger partial charge is 0.463 e. The molecule has 0 aliphatic rings. The maximum Gasteiger partial charge on any atom is 0.460 e. The van der Waals surface area contributed by atoms with E-state index in [1.165, 1.54) is 0 Å². The predicted molar refractivity (Wildman–Crippen MR) is 70.7 cm³/mol. The smallest absolute Gasteiger partial charge is 0.460 e. The maximum absolute atomic E-state index is 12.8. The maximum atomic E-state index is 12.8. The van der Waals surface area contributed by atoms with Crippen LogP contribution in [0.5, 0.6) is 0 Å². The number of alkyl halides is 13. The van der Waals surface area contributed by atoms with Gasteiger partial charge >= 0.3 is 41.1 Å². The lowest BCUT2D eigenvalue weighted by Gasteiger charge is -2.38. The van der Waals surface area contributed by atoms with E-state index in [4.69, 9.17) is 0 Å². The predicted octanol–water partition coefficient (Wildman–Crippen LogP) is 3.71. The fourth-order valence-corrected chi connectivity index (χ4v) is 1.62. The van der Waals surface area contributed by atoms with Crippen molar-refractivity contribution in [3.8, 4) is 0 Å². The summed E-state index contributed by atoms with van der Waals surface area (Å²) in [7, 11) is -7.11. The van der Waals surface area contributed by atoms with Crippen molar-refractivity contribution in [2.45, 2.75) is 42.0 Å². The molecule has 0 aromatic rings. The van der Waals surface area contributed by atoms with Crippen LogP contribution < -0.4 is 5.14 Å². The zero-order valence-electron chi connectivity index (χ0n) is 14.0. The molecule has 0 amide bonds. The molecule has 180 valence electrons. The van der Waals surface area contributed by atoms with Crippen LogP contribution in [0.4, 0.5) is 57.1 Å². The standard InChI is InChI=1S/C6H2F13NO2S.C5H8O2/c7-1(8,3(11,12)5(15,16)17)2(9,10)4(13,14)6(18,19)23(20,21)22;1-3-5(6)7-4-2/h(H2,20,21,22);3H,1,4H2,2H3. The number of hydrogen-bond acceptors (Lipinski definition) is 4. The highest BCUT2D eigenvalue weighted by molar-refractivity contribution is 7.90. The Balaban J connectivity index is 0. The zero-order valence-corrected chi connectivity index (χ0v) is 14.8. The van der Waals surface area contributed by atoms with E-state index in [0.29, 0.717) is 6.61 Å². The van der Waals surface area contributed by atoms with Crippen LogP contribution in [0.2, 0.25) is 0 Å². The molecule has 0 heterocycles. The Morgan fingerprint density at radius 3 is 1.37 bits per heavy atom. The van der Waals surface area contributed by atoms with E-state index in [2.05, 4.69) is 16.5 Å². The van der Waals surface area contributed by atoms with Gasteiger partial charge in [-0.15, -0.1) is 0 Å². The first-order chi connectivity index (χ1) is 12.8. The summed E-state index contributed by atoms with van der Waals surface area (Å²) in [5.74, 6) is -32.5. The molecule has 0 fully saturated rings. The van der Waals surface area contributed by atoms with Crippen molar-refractivity contribution in [1.29, 1.82) is 0 Å². The van der Waals surface area contributed by atoms with Crippen molar-refractivity contribution in [2.75, 3.05) is 6.61 Å². The fourth-order valence-electron chi connectivity index (χ4n) is 1.13. The molecule has 2 N–H and O–H groups in total. The summed E-state index contributed by atoms with van der Waals surface area (Å²) in [6, 6.07) is 0. The average molecular weight is 499 g/mol. The van der Waals surface area contributed by atoms with Crippen molar-refractivity contribution < 1.29 is 75.0 Å². The highest BCUT2D eigenvalue weighted by Crippen LogP contribution is 2.60. The molecular weight excluding hydrogens is 489 g/mol. The molecule has 0 aromatic carbocycles. The van der Waals surface area contributed by atoms with Crippen LogP contribution in [0, 0.1) is 0 Å². The topological polar surface area (TPSA) is 86.5 Å². The normalized spacial score (nSPS) is 14.5. The summed E-state index contributed by atoms with van der Waals surface area (Å²) in [6.45, 7) is 5.38. The third-order valence-electron chi connectivity index (χ3n) is 2.72. The van der Waals surface area contributed by atoms with Gasteiger partial charge in [0.1, 0.15) is 0 Å². The van der Waals surface area contributed by atoms with Crippen LogP contribution in [0.1, 0.15) is 6.92 Å². The van der Waals surface area contributed by atoms with Crippen molar-refractivity contribution in [1.82, 2.24) is 0 Å². The average Bonchev–Trinajstić information content (AvgIpc) is 2.52. The first-order valence-electron chi connectivity index (χ1n) is 6.58. The molecule has 0 aliphatic heterocycles. The van der Waals surface area contributed by atoms with E-state index >= 15 is 0 Å². The molecule has 30 heavy (non-hydrogen) atoms. The Hall–Kier alpha value is -1.79. The monoisotopic (exact) mass is 499 g/mol. The van der Waals surface area contributed by atoms with Gasteiger partial charge in [0, 0.05) is 6.08 Å². The minimum atomic E-state index is -8.17. The van der Waals surface area contributed by atoms with Crippen LogP contribution in [0.25, 0.3) is 0 Å². The molecule has 0 saturated carbocycles. The summed E-state index contributed by atoms with van der Waals surface area (Å²) >= 11 is 0. The quantitative estimate of drug-likeness (QED) is 0.329. The third kappa shape index (κ3) is 5.09. The van der Waals surface area contributed by atoms with Crippen molar-refractivity contribution in [2.24, 2.45) is 5.14 Å². The second-order valence-corrected chi connectivity index (χ2v) is 6.42. The van der Waals surface area contributed by atoms with Crippen LogP contribution in [-0.4, -0.2) is 56.1 Å². The minimum absolute atomic E-state index is 0.359. The van der Waals surface area contributed by atoms with Gasteiger partial charge in [-0.25, -0.2) is 18.4 Å². The molecule has 0 saturated heterocycles. The number of carbonyl (C=O) groups is 1. The number of halogens is 13. The highest BCUT2D eigenvalue weighted by atomic mass is 32.2. The van der Waals surface area contributed by atoms with Gasteiger partial charge in [0.05, 0.1) is 6.61 Å². The minimum Gasteiger partial charge on any atom is -0.463 e. The molecule has 0 aliphatic carbocycles. The first kappa shape index (κ1) is 30.4. The van der Waals surface area contributed by atoms with E-state index in [9.17, 15) is 70.3 Å². The number of ether oxygens (including phenoxy) is 1. The number of sulfonamides is 1. The van der Waals surface area contributed by atoms with Gasteiger partial charge in [-0.3, -0.25) is 0 Å². The number of hydrogen-bond donors (Lipinski definition) is 1. The summed E-state index contributed by atoms with van der Waals surface area (Å²) < 4.78 is 186. The van der Waals surface area contributed by atoms with Crippen LogP contribution in [-0.2, 0) is 19.6 Å². The lowest BCUT2D eigenvalue weighted by molar-refractivity contribution is -0.433. The Morgan fingerprint density at radius 1 is 0.833 bits per heavy atom. The van der Waals surface area contributed by atoms with Gasteiger partial charge in [0.25, 0.3) is 10.0 Å². The molecule has 19 heteroatoms. The van der Waals surface area contributed by atoms with Crippen molar-refractivity contribution >= 4 is 16.0 Å². The Bertz CT molecular complexity index is 730. The van der Waals surface area contributed by atoms with Crippen LogP contribution in [0.3, 0.4) is 0 Å². The third-order valence-corrected chi connectivity index (χ3v) is 3.69. The number of esters is 1. The van der Waals surface area contributed by atoms with Crippen molar-refractivity contribution in [3.05, 3.63) is 12.7 Å². The van der Waals surface area contributed by atoms with Gasteiger partial charge in [-0.05, 0) is 6.92 Å². The summed E-state index contributed by atoms with van der Waals surface area (Å²) in [4.78, 5) is 10.1. The van der Waals surface area contributed by atoms with E-state index in [1.54, 1.807) is 6.92 Å². The zero-order chi connectivity index (χ0) is 25.2. The molecule has 0 spiro atoms. The molecule has 0 radical (unpaired) electrons. The molecule has 0 aromatic heterocycles. The fraction of sp³-hybridized carbons (Fsp3) is 0.727. The summed E-state index contributed by atoms with van der Waals surface area (Å²) in [5.41, 5.74) is 0. The molecule has 0 rings (SSSR count). The molecule has 0 bridgehead atoms. The van der Waals surface area contributed by atoms with Gasteiger partial charge in [-0.2, -0.15) is 57.1 Å². The second kappa shape index (κ2) is 8.75. The summed E-state index contributed by atoms with van der Waals surface area (Å²) in [5, 5.41) is -3.91. The van der Waals surface area contributed by atoms with Crippen LogP contribution >= 0.6 is 0 Å². The first-order valence-corrected chi connectivity index (χ1v) is 8.13. The van der Waals surface area contributed by atoms with Crippen molar-refractivity contribution in [3.63, 3.8) is 0 Å². The lowest BCUT2D eigenvalue weighted by atomic mass is 9.98. The Morgan fingerprint density at radius 2 is 1.17 bits per heavy atom. The number of nitrogens with two attached hydrogens (primary N) is 1. The van der Waals surface area contributed by atoms with Gasteiger partial charge in [0.2, 0.25) is 0 Å². The number of rotatable bonds is 7. The number of carbonyl (C=O) groups excluding carboxylic acids is 1. The Kier molecular flexibility index (Phi) is 8.87. The second-order valence-electron chi connectivity index (χ2n) is 4.81. The van der Waals surface area contributed by atoms with E-state index in [0.717, 1.165) is 6.08 Å². The molecular formula is C11H10F13NO4S. The van der Waals surface area contributed by atoms with E-state index < -0.39 is 45.1 Å². The highest BCUT2D eigenvalue weighted by Gasteiger charge is 2.92. The lowest BCUT2D eigenvalue weighted by Crippen LogP contribution is -2.71. The SMILES string of the molecule is C=CC(=O)OCC.NS(=O)(=O)C(F)(F)C(F)(F)C(F)(F)C(F)(F)C(F)(F)C(F)(F)F. The number of primary sulfonamides is 1. The van der Waals surface area contributed by atoms with E-state index in [-0.39, 0.29) is 5.97 Å². The Labute approximate surface area is 158 Å². The van der Waals surface area contributed by atoms with Gasteiger partial charge in [0.15, 0.2) is 0 Å². The van der Waals surface area contributed by atoms with Gasteiger partial charge in [-0.1, -0.05) is 6.58 Å². The van der Waals surface area contributed by atoms with Gasteiger partial charge < -0.3 is 4.74 Å². The molecule has 0 atom stereocenters. The van der Waals surface area contributed by atoms with Crippen LogP contribution in [0.15, 0.2) is 12.7 Å². The molecule has 0 unspecified atom stereocenters. The molecule has 5 nitrogen and oxygen atoms in total. The van der Waals surface area contributed by atoms with E-state index in [1.807, 2.05) is 0 Å².